The molecule has 0 saturated heterocycles. The van der Waals surface area contributed by atoms with Crippen LogP contribution in [0, 0.1) is 6.92 Å². The third-order valence-corrected chi connectivity index (χ3v) is 3.02. The van der Waals surface area contributed by atoms with Crippen molar-refractivity contribution in [3.05, 3.63) is 34.0 Å². The Kier molecular flexibility index (Phi) is 2.66. The van der Waals surface area contributed by atoms with E-state index in [1.165, 1.54) is 12.1 Å². The van der Waals surface area contributed by atoms with Crippen molar-refractivity contribution in [1.29, 1.82) is 0 Å². The molecular weight excluding hydrogens is 255 g/mol. The molecule has 0 aliphatic rings. The Hall–Kier alpha value is -1.49. The first-order valence-corrected chi connectivity index (χ1v) is 5.07. The molecule has 90 valence electrons. The minimum atomic E-state index is -4.59. The van der Waals surface area contributed by atoms with Gasteiger partial charge in [-0.05, 0) is 18.6 Å². The number of alkyl halides is 3. The SMILES string of the molecule is Cc1c(Cl)ccc2c(C=O)c(C(F)(F)F)[nH]c12. The van der Waals surface area contributed by atoms with E-state index in [1.54, 1.807) is 6.92 Å². The minimum absolute atomic E-state index is 0.203. The number of H-pyrrole nitrogens is 1. The lowest BCUT2D eigenvalue weighted by atomic mass is 10.1. The van der Waals surface area contributed by atoms with Crippen LogP contribution in [0.4, 0.5) is 13.2 Å². The zero-order chi connectivity index (χ0) is 12.8. The van der Waals surface area contributed by atoms with Gasteiger partial charge in [0.15, 0.2) is 6.29 Å². The fourth-order valence-corrected chi connectivity index (χ4v) is 1.90. The van der Waals surface area contributed by atoms with Gasteiger partial charge in [0, 0.05) is 10.4 Å². The van der Waals surface area contributed by atoms with E-state index in [1.807, 2.05) is 0 Å². The molecule has 6 heteroatoms. The van der Waals surface area contributed by atoms with E-state index in [9.17, 15) is 18.0 Å². The fourth-order valence-electron chi connectivity index (χ4n) is 1.74. The van der Waals surface area contributed by atoms with Gasteiger partial charge in [0.25, 0.3) is 0 Å². The molecule has 1 N–H and O–H groups in total. The molecule has 0 bridgehead atoms. The monoisotopic (exact) mass is 261 g/mol. The molecule has 0 amide bonds. The number of halogens is 4. The second-order valence-electron chi connectivity index (χ2n) is 3.62. The van der Waals surface area contributed by atoms with Crippen LogP contribution in [0.5, 0.6) is 0 Å². The van der Waals surface area contributed by atoms with Gasteiger partial charge in [-0.15, -0.1) is 0 Å². The van der Waals surface area contributed by atoms with Crippen molar-refractivity contribution in [3.8, 4) is 0 Å². The van der Waals surface area contributed by atoms with Gasteiger partial charge in [0.1, 0.15) is 5.69 Å². The second kappa shape index (κ2) is 3.77. The predicted octanol–water partition coefficient (Wildman–Crippen LogP) is 3.96. The van der Waals surface area contributed by atoms with Crippen molar-refractivity contribution in [3.63, 3.8) is 0 Å². The quantitative estimate of drug-likeness (QED) is 0.775. The molecule has 0 fully saturated rings. The Morgan fingerprint density at radius 2 is 2.00 bits per heavy atom. The van der Waals surface area contributed by atoms with Crippen molar-refractivity contribution in [1.82, 2.24) is 4.98 Å². The van der Waals surface area contributed by atoms with Crippen LogP contribution >= 0.6 is 11.6 Å². The third-order valence-electron chi connectivity index (χ3n) is 2.61. The van der Waals surface area contributed by atoms with Gasteiger partial charge in [-0.3, -0.25) is 4.79 Å². The molecule has 1 heterocycles. The molecule has 2 rings (SSSR count). The highest BCUT2D eigenvalue weighted by molar-refractivity contribution is 6.32. The van der Waals surface area contributed by atoms with E-state index in [4.69, 9.17) is 11.6 Å². The van der Waals surface area contributed by atoms with Gasteiger partial charge in [-0.25, -0.2) is 0 Å². The maximum atomic E-state index is 12.7. The van der Waals surface area contributed by atoms with Crippen molar-refractivity contribution >= 4 is 28.8 Å². The standard InChI is InChI=1S/C11H7ClF3NO/c1-5-8(12)3-2-6-7(4-17)10(11(13,14)15)16-9(5)6/h2-4,16H,1H3. The molecule has 0 atom stereocenters. The number of rotatable bonds is 1. The summed E-state index contributed by atoms with van der Waals surface area (Å²) >= 11 is 5.82. The summed E-state index contributed by atoms with van der Waals surface area (Å²) in [5.41, 5.74) is -0.685. The number of carbonyl (C=O) groups is 1. The predicted molar refractivity (Wildman–Crippen MR) is 58.4 cm³/mol. The lowest BCUT2D eigenvalue weighted by Crippen LogP contribution is -2.08. The summed E-state index contributed by atoms with van der Waals surface area (Å²) in [6.45, 7) is 1.59. The van der Waals surface area contributed by atoms with Crippen LogP contribution in [0.3, 0.4) is 0 Å². The fraction of sp³-hybridized carbons (Fsp3) is 0.182. The average Bonchev–Trinajstić information content (AvgIpc) is 2.62. The Bertz CT molecular complexity index is 601. The van der Waals surface area contributed by atoms with Crippen molar-refractivity contribution < 1.29 is 18.0 Å². The van der Waals surface area contributed by atoms with Crippen LogP contribution in [0.1, 0.15) is 21.6 Å². The van der Waals surface area contributed by atoms with Gasteiger partial charge >= 0.3 is 6.18 Å². The average molecular weight is 262 g/mol. The largest absolute Gasteiger partial charge is 0.431 e. The van der Waals surface area contributed by atoms with Gasteiger partial charge in [-0.1, -0.05) is 17.7 Å². The van der Waals surface area contributed by atoms with Crippen molar-refractivity contribution in [2.45, 2.75) is 13.1 Å². The molecule has 0 spiro atoms. The normalized spacial score (nSPS) is 12.1. The number of aryl methyl sites for hydroxylation is 1. The van der Waals surface area contributed by atoms with Crippen molar-refractivity contribution in [2.75, 3.05) is 0 Å². The Labute approximate surface area is 99.4 Å². The van der Waals surface area contributed by atoms with Crippen LogP contribution < -0.4 is 0 Å². The number of carbonyl (C=O) groups excluding carboxylic acids is 1. The summed E-state index contributed by atoms with van der Waals surface area (Å²) in [5.74, 6) is 0. The number of aromatic nitrogens is 1. The van der Waals surface area contributed by atoms with E-state index in [2.05, 4.69) is 4.98 Å². The number of hydrogen-bond acceptors (Lipinski definition) is 1. The number of benzene rings is 1. The zero-order valence-corrected chi connectivity index (χ0v) is 9.41. The summed E-state index contributed by atoms with van der Waals surface area (Å²) < 4.78 is 38.0. The number of aldehydes is 1. The second-order valence-corrected chi connectivity index (χ2v) is 4.03. The smallest absolute Gasteiger partial charge is 0.350 e. The summed E-state index contributed by atoms with van der Waals surface area (Å²) in [6.07, 6.45) is -4.39. The maximum Gasteiger partial charge on any atom is 0.431 e. The first-order valence-electron chi connectivity index (χ1n) is 4.69. The van der Waals surface area contributed by atoms with E-state index < -0.39 is 11.9 Å². The maximum absolute atomic E-state index is 12.7. The van der Waals surface area contributed by atoms with Gasteiger partial charge in [0.2, 0.25) is 0 Å². The third kappa shape index (κ3) is 1.80. The summed E-state index contributed by atoms with van der Waals surface area (Å²) in [7, 11) is 0. The van der Waals surface area contributed by atoms with Crippen LogP contribution in [0.25, 0.3) is 10.9 Å². The molecule has 1 aromatic carbocycles. The number of nitrogens with one attached hydrogen (secondary N) is 1. The Morgan fingerprint density at radius 1 is 1.35 bits per heavy atom. The van der Waals surface area contributed by atoms with E-state index in [0.717, 1.165) is 0 Å². The van der Waals surface area contributed by atoms with Gasteiger partial charge in [0.05, 0.1) is 11.1 Å². The first-order chi connectivity index (χ1) is 7.86. The highest BCUT2D eigenvalue weighted by Crippen LogP contribution is 2.36. The molecule has 0 aliphatic heterocycles. The van der Waals surface area contributed by atoms with E-state index in [0.29, 0.717) is 10.6 Å². The van der Waals surface area contributed by atoms with E-state index in [-0.39, 0.29) is 22.8 Å². The molecule has 0 saturated carbocycles. The highest BCUT2D eigenvalue weighted by Gasteiger charge is 2.36. The molecule has 0 aliphatic carbocycles. The molecular formula is C11H7ClF3NO. The minimum Gasteiger partial charge on any atom is -0.350 e. The van der Waals surface area contributed by atoms with Gasteiger partial charge in [-0.2, -0.15) is 13.2 Å². The first kappa shape index (κ1) is 12.0. The number of hydrogen-bond donors (Lipinski definition) is 1. The molecule has 0 radical (unpaired) electrons. The number of aromatic amines is 1. The molecule has 17 heavy (non-hydrogen) atoms. The number of fused-ring (bicyclic) bond motifs is 1. The molecule has 2 nitrogen and oxygen atoms in total. The highest BCUT2D eigenvalue weighted by atomic mass is 35.5. The Morgan fingerprint density at radius 3 is 2.53 bits per heavy atom. The van der Waals surface area contributed by atoms with Crippen LogP contribution in [0.15, 0.2) is 12.1 Å². The lowest BCUT2D eigenvalue weighted by molar-refractivity contribution is -0.140. The van der Waals surface area contributed by atoms with Crippen LogP contribution in [-0.4, -0.2) is 11.3 Å². The van der Waals surface area contributed by atoms with Crippen LogP contribution in [0.2, 0.25) is 5.02 Å². The Balaban J connectivity index is 2.89. The molecule has 1 aromatic heterocycles. The van der Waals surface area contributed by atoms with Crippen LogP contribution in [-0.2, 0) is 6.18 Å². The summed E-state index contributed by atoms with van der Waals surface area (Å²) in [6, 6.07) is 2.88. The summed E-state index contributed by atoms with van der Waals surface area (Å²) in [4.78, 5) is 13.0. The summed E-state index contributed by atoms with van der Waals surface area (Å²) in [5, 5.41) is 0.583. The van der Waals surface area contributed by atoms with E-state index >= 15 is 0 Å². The van der Waals surface area contributed by atoms with Crippen molar-refractivity contribution in [2.24, 2.45) is 0 Å². The molecule has 0 unspecified atom stereocenters. The zero-order valence-electron chi connectivity index (χ0n) is 8.65. The topological polar surface area (TPSA) is 32.9 Å². The van der Waals surface area contributed by atoms with Gasteiger partial charge < -0.3 is 4.98 Å². The molecule has 2 aromatic rings. The lowest BCUT2D eigenvalue weighted by Gasteiger charge is -2.03.